The second kappa shape index (κ2) is 9.20. The SMILES string of the molecule is Cl.NNCCOc1ccc(OCc2ccccc2)cc1. The van der Waals surface area contributed by atoms with Crippen LogP contribution in [0.5, 0.6) is 11.5 Å². The quantitative estimate of drug-likeness (QED) is 0.468. The van der Waals surface area contributed by atoms with Gasteiger partial charge in [-0.25, -0.2) is 0 Å². The molecule has 0 bridgehead atoms. The van der Waals surface area contributed by atoms with Crippen LogP contribution in [0.1, 0.15) is 5.56 Å². The highest BCUT2D eigenvalue weighted by Gasteiger charge is 1.97. The van der Waals surface area contributed by atoms with Crippen LogP contribution in [0.4, 0.5) is 0 Å². The first-order valence-corrected chi connectivity index (χ1v) is 6.21. The summed E-state index contributed by atoms with van der Waals surface area (Å²) < 4.78 is 11.2. The van der Waals surface area contributed by atoms with E-state index in [4.69, 9.17) is 15.3 Å². The summed E-state index contributed by atoms with van der Waals surface area (Å²) in [5, 5.41) is 0. The highest BCUT2D eigenvalue weighted by atomic mass is 35.5. The maximum atomic E-state index is 5.68. The van der Waals surface area contributed by atoms with Crippen LogP contribution in [0.3, 0.4) is 0 Å². The Balaban J connectivity index is 0.00000200. The summed E-state index contributed by atoms with van der Waals surface area (Å²) in [4.78, 5) is 0. The van der Waals surface area contributed by atoms with Crippen molar-refractivity contribution in [2.75, 3.05) is 13.2 Å². The first kappa shape index (κ1) is 16.3. The van der Waals surface area contributed by atoms with Gasteiger partial charge in [-0.2, -0.15) is 0 Å². The van der Waals surface area contributed by atoms with Gasteiger partial charge in [-0.05, 0) is 29.8 Å². The molecule has 0 heterocycles. The van der Waals surface area contributed by atoms with Gasteiger partial charge in [-0.1, -0.05) is 30.3 Å². The van der Waals surface area contributed by atoms with Crippen LogP contribution in [0.25, 0.3) is 0 Å². The molecule has 3 N–H and O–H groups in total. The Morgan fingerprint density at radius 1 is 0.850 bits per heavy atom. The van der Waals surface area contributed by atoms with Crippen molar-refractivity contribution in [2.24, 2.45) is 5.84 Å². The second-order valence-corrected chi connectivity index (χ2v) is 4.05. The molecule has 0 saturated heterocycles. The monoisotopic (exact) mass is 294 g/mol. The van der Waals surface area contributed by atoms with Gasteiger partial charge in [0.1, 0.15) is 24.7 Å². The standard InChI is InChI=1S/C15H18N2O2.ClH/c16-17-10-11-18-14-6-8-15(9-7-14)19-12-13-4-2-1-3-5-13;/h1-9,17H,10-12,16H2;1H. The number of hydrogen-bond donors (Lipinski definition) is 2. The molecule has 0 saturated carbocycles. The van der Waals surface area contributed by atoms with Gasteiger partial charge in [0.15, 0.2) is 0 Å². The molecule has 108 valence electrons. The third-order valence-electron chi connectivity index (χ3n) is 2.59. The lowest BCUT2D eigenvalue weighted by Crippen LogP contribution is -2.27. The van der Waals surface area contributed by atoms with E-state index in [1.807, 2.05) is 54.6 Å². The zero-order valence-corrected chi connectivity index (χ0v) is 11.9. The zero-order chi connectivity index (χ0) is 13.3. The second-order valence-electron chi connectivity index (χ2n) is 4.05. The summed E-state index contributed by atoms with van der Waals surface area (Å²) in [5.41, 5.74) is 3.69. The van der Waals surface area contributed by atoms with Gasteiger partial charge in [0.2, 0.25) is 0 Å². The number of rotatable bonds is 7. The number of hydrogen-bond acceptors (Lipinski definition) is 4. The third kappa shape index (κ3) is 5.48. The molecule has 2 aromatic rings. The van der Waals surface area contributed by atoms with Crippen LogP contribution in [0.15, 0.2) is 54.6 Å². The van der Waals surface area contributed by atoms with Crippen molar-refractivity contribution in [3.63, 3.8) is 0 Å². The van der Waals surface area contributed by atoms with E-state index in [9.17, 15) is 0 Å². The van der Waals surface area contributed by atoms with Crippen LogP contribution >= 0.6 is 12.4 Å². The van der Waals surface area contributed by atoms with Gasteiger partial charge in [-0.3, -0.25) is 11.3 Å². The van der Waals surface area contributed by atoms with E-state index in [1.165, 1.54) is 0 Å². The van der Waals surface area contributed by atoms with Gasteiger partial charge in [0.25, 0.3) is 0 Å². The predicted octanol–water partition coefficient (Wildman–Crippen LogP) is 2.53. The molecular formula is C15H19ClN2O2. The first-order chi connectivity index (χ1) is 9.38. The van der Waals surface area contributed by atoms with Gasteiger partial charge in [0.05, 0.1) is 0 Å². The molecule has 0 unspecified atom stereocenters. The van der Waals surface area contributed by atoms with E-state index in [1.54, 1.807) is 0 Å². The minimum Gasteiger partial charge on any atom is -0.492 e. The lowest BCUT2D eigenvalue weighted by atomic mass is 10.2. The number of halogens is 1. The topological polar surface area (TPSA) is 56.5 Å². The minimum absolute atomic E-state index is 0. The Labute approximate surface area is 125 Å². The molecule has 0 aliphatic heterocycles. The third-order valence-corrected chi connectivity index (χ3v) is 2.59. The van der Waals surface area contributed by atoms with Crippen LogP contribution in [0, 0.1) is 0 Å². The Bertz CT molecular complexity index is 477. The largest absolute Gasteiger partial charge is 0.492 e. The Hall–Kier alpha value is -1.75. The fourth-order valence-electron chi connectivity index (χ4n) is 1.60. The van der Waals surface area contributed by atoms with Crippen LogP contribution < -0.4 is 20.7 Å². The number of nitrogens with two attached hydrogens (primary N) is 1. The summed E-state index contributed by atoms with van der Waals surface area (Å²) >= 11 is 0. The summed E-state index contributed by atoms with van der Waals surface area (Å²) in [6.07, 6.45) is 0. The number of nitrogens with one attached hydrogen (secondary N) is 1. The molecule has 0 radical (unpaired) electrons. The summed E-state index contributed by atoms with van der Waals surface area (Å²) in [6.45, 7) is 1.73. The Kier molecular flexibility index (Phi) is 7.50. The van der Waals surface area contributed by atoms with Crippen molar-refractivity contribution in [2.45, 2.75) is 6.61 Å². The van der Waals surface area contributed by atoms with Crippen molar-refractivity contribution in [3.8, 4) is 11.5 Å². The number of ether oxygens (including phenoxy) is 2. The van der Waals surface area contributed by atoms with E-state index < -0.39 is 0 Å². The van der Waals surface area contributed by atoms with Crippen LogP contribution in [0.2, 0.25) is 0 Å². The fourth-order valence-corrected chi connectivity index (χ4v) is 1.60. The van der Waals surface area contributed by atoms with Crippen molar-refractivity contribution in [3.05, 3.63) is 60.2 Å². The molecule has 0 amide bonds. The van der Waals surface area contributed by atoms with E-state index in [0.29, 0.717) is 19.8 Å². The molecule has 0 spiro atoms. The van der Waals surface area contributed by atoms with Gasteiger partial charge < -0.3 is 9.47 Å². The highest BCUT2D eigenvalue weighted by Crippen LogP contribution is 2.18. The van der Waals surface area contributed by atoms with E-state index in [-0.39, 0.29) is 12.4 Å². The normalized spacial score (nSPS) is 9.65. The average Bonchev–Trinajstić information content (AvgIpc) is 2.48. The number of hydrazine groups is 1. The molecule has 0 fully saturated rings. The molecule has 4 nitrogen and oxygen atoms in total. The molecule has 20 heavy (non-hydrogen) atoms. The molecule has 0 atom stereocenters. The number of benzene rings is 2. The zero-order valence-electron chi connectivity index (χ0n) is 11.1. The fraction of sp³-hybridized carbons (Fsp3) is 0.200. The lowest BCUT2D eigenvalue weighted by Gasteiger charge is -2.08. The Morgan fingerprint density at radius 2 is 1.45 bits per heavy atom. The maximum Gasteiger partial charge on any atom is 0.120 e. The van der Waals surface area contributed by atoms with Crippen LogP contribution in [-0.2, 0) is 6.61 Å². The van der Waals surface area contributed by atoms with Crippen molar-refractivity contribution >= 4 is 12.4 Å². The van der Waals surface area contributed by atoms with Crippen molar-refractivity contribution < 1.29 is 9.47 Å². The first-order valence-electron chi connectivity index (χ1n) is 6.21. The molecule has 2 aromatic carbocycles. The summed E-state index contributed by atoms with van der Waals surface area (Å²) in [6, 6.07) is 17.6. The van der Waals surface area contributed by atoms with Crippen molar-refractivity contribution in [1.82, 2.24) is 5.43 Å². The molecule has 0 aromatic heterocycles. The van der Waals surface area contributed by atoms with Gasteiger partial charge in [0, 0.05) is 6.54 Å². The molecule has 0 aliphatic carbocycles. The van der Waals surface area contributed by atoms with E-state index in [2.05, 4.69) is 5.43 Å². The highest BCUT2D eigenvalue weighted by molar-refractivity contribution is 5.85. The molecule has 5 heteroatoms. The summed E-state index contributed by atoms with van der Waals surface area (Å²) in [7, 11) is 0. The molecular weight excluding hydrogens is 276 g/mol. The maximum absolute atomic E-state index is 5.68. The van der Waals surface area contributed by atoms with Crippen LogP contribution in [-0.4, -0.2) is 13.2 Å². The molecule has 0 aliphatic rings. The summed E-state index contributed by atoms with van der Waals surface area (Å²) in [5.74, 6) is 6.80. The Morgan fingerprint density at radius 3 is 2.05 bits per heavy atom. The lowest BCUT2D eigenvalue weighted by molar-refractivity contribution is 0.301. The average molecular weight is 295 g/mol. The van der Waals surface area contributed by atoms with E-state index >= 15 is 0 Å². The van der Waals surface area contributed by atoms with Crippen molar-refractivity contribution in [1.29, 1.82) is 0 Å². The molecule has 2 rings (SSSR count). The predicted molar refractivity (Wildman–Crippen MR) is 82.1 cm³/mol. The minimum atomic E-state index is 0. The van der Waals surface area contributed by atoms with Gasteiger partial charge in [-0.15, -0.1) is 12.4 Å². The smallest absolute Gasteiger partial charge is 0.120 e. The van der Waals surface area contributed by atoms with E-state index in [0.717, 1.165) is 17.1 Å². The van der Waals surface area contributed by atoms with Gasteiger partial charge >= 0.3 is 0 Å².